The Labute approximate surface area is 100 Å². The zero-order chi connectivity index (χ0) is 12.3. The average molecular weight is 237 g/mol. The molecule has 1 amide bonds. The first-order valence-corrected chi connectivity index (χ1v) is 5.29. The smallest absolute Gasteiger partial charge is 0.236 e. The van der Waals surface area contributed by atoms with E-state index in [1.807, 2.05) is 6.92 Å². The summed E-state index contributed by atoms with van der Waals surface area (Å²) in [5.41, 5.74) is 6.09. The maximum absolute atomic E-state index is 11.9. The van der Waals surface area contributed by atoms with Crippen molar-refractivity contribution >= 4 is 28.8 Å². The average Bonchev–Trinajstić information content (AvgIpc) is 2.21. The van der Waals surface area contributed by atoms with Gasteiger partial charge in [0.1, 0.15) is 0 Å². The second-order valence-corrected chi connectivity index (χ2v) is 4.52. The van der Waals surface area contributed by atoms with Gasteiger partial charge in [0, 0.05) is 6.20 Å². The Hall–Kier alpha value is -1.49. The first kappa shape index (κ1) is 12.6. The molecule has 0 aliphatic rings. The fraction of sp³-hybridized carbons (Fsp3) is 0.364. The molecular weight excluding hydrogens is 222 g/mol. The molecule has 86 valence electrons. The van der Waals surface area contributed by atoms with Gasteiger partial charge in [-0.3, -0.25) is 9.78 Å². The summed E-state index contributed by atoms with van der Waals surface area (Å²) in [6.07, 6.45) is 1.67. The molecule has 0 atom stereocenters. The number of nitrogens with one attached hydrogen (secondary N) is 1. The lowest BCUT2D eigenvalue weighted by Gasteiger charge is -2.22. The van der Waals surface area contributed by atoms with E-state index in [-0.39, 0.29) is 10.9 Å². The fourth-order valence-corrected chi connectivity index (χ4v) is 1.10. The van der Waals surface area contributed by atoms with Gasteiger partial charge in [0.2, 0.25) is 5.91 Å². The van der Waals surface area contributed by atoms with Gasteiger partial charge in [-0.05, 0) is 32.9 Å². The molecule has 1 heterocycles. The van der Waals surface area contributed by atoms with Gasteiger partial charge in [-0.15, -0.1) is 0 Å². The molecule has 1 aromatic heterocycles. The zero-order valence-corrected chi connectivity index (χ0v) is 10.4. The summed E-state index contributed by atoms with van der Waals surface area (Å²) in [7, 11) is 0. The molecule has 0 aliphatic heterocycles. The Morgan fingerprint density at radius 1 is 1.56 bits per heavy atom. The molecule has 0 spiro atoms. The minimum Gasteiger partial charge on any atom is -0.392 e. The molecule has 0 radical (unpaired) electrons. The van der Waals surface area contributed by atoms with Gasteiger partial charge in [0.15, 0.2) is 0 Å². The van der Waals surface area contributed by atoms with Crippen molar-refractivity contribution < 1.29 is 4.79 Å². The van der Waals surface area contributed by atoms with E-state index < -0.39 is 5.41 Å². The Morgan fingerprint density at radius 2 is 2.19 bits per heavy atom. The van der Waals surface area contributed by atoms with Gasteiger partial charge < -0.3 is 11.1 Å². The predicted octanol–water partition coefficient (Wildman–Crippen LogP) is 1.64. The van der Waals surface area contributed by atoms with Gasteiger partial charge in [-0.25, -0.2) is 0 Å². The summed E-state index contributed by atoms with van der Waals surface area (Å²) in [5.74, 6) is -0.226. The molecule has 0 saturated carbocycles. The summed E-state index contributed by atoms with van der Waals surface area (Å²) < 4.78 is 0. The first-order valence-electron chi connectivity index (χ1n) is 4.88. The lowest BCUT2D eigenvalue weighted by Crippen LogP contribution is -2.41. The molecule has 0 saturated heterocycles. The van der Waals surface area contributed by atoms with Crippen LogP contribution in [0, 0.1) is 12.3 Å². The number of nitrogens with two attached hydrogens (primary N) is 1. The van der Waals surface area contributed by atoms with E-state index in [4.69, 9.17) is 18.0 Å². The highest BCUT2D eigenvalue weighted by Crippen LogP contribution is 2.20. The molecule has 0 fully saturated rings. The second-order valence-electron chi connectivity index (χ2n) is 4.08. The number of nitrogens with zero attached hydrogens (tertiary/aromatic N) is 1. The number of amides is 1. The number of carbonyl (C=O) groups excluding carboxylic acids is 1. The first-order chi connectivity index (χ1) is 7.35. The van der Waals surface area contributed by atoms with E-state index in [9.17, 15) is 4.79 Å². The van der Waals surface area contributed by atoms with Crippen LogP contribution >= 0.6 is 12.2 Å². The highest BCUT2D eigenvalue weighted by molar-refractivity contribution is 7.80. The quantitative estimate of drug-likeness (QED) is 0.784. The van der Waals surface area contributed by atoms with E-state index in [1.165, 1.54) is 0 Å². The van der Waals surface area contributed by atoms with Crippen LogP contribution in [0.5, 0.6) is 0 Å². The Kier molecular flexibility index (Phi) is 3.59. The van der Waals surface area contributed by atoms with Crippen LogP contribution in [-0.2, 0) is 4.79 Å². The van der Waals surface area contributed by atoms with Crippen molar-refractivity contribution in [3.63, 3.8) is 0 Å². The normalized spacial score (nSPS) is 10.9. The van der Waals surface area contributed by atoms with Crippen LogP contribution < -0.4 is 11.1 Å². The predicted molar refractivity (Wildman–Crippen MR) is 68.2 cm³/mol. The van der Waals surface area contributed by atoms with Gasteiger partial charge in [0.25, 0.3) is 0 Å². The Balaban J connectivity index is 2.88. The van der Waals surface area contributed by atoms with Gasteiger partial charge in [0.05, 0.1) is 21.8 Å². The van der Waals surface area contributed by atoms with Crippen molar-refractivity contribution in [1.29, 1.82) is 0 Å². The topological polar surface area (TPSA) is 68.0 Å². The molecule has 0 aliphatic carbocycles. The molecule has 0 aromatic carbocycles. The van der Waals surface area contributed by atoms with E-state index >= 15 is 0 Å². The number of pyridine rings is 1. The van der Waals surface area contributed by atoms with Crippen molar-refractivity contribution in [3.05, 3.63) is 24.0 Å². The van der Waals surface area contributed by atoms with E-state index in [0.717, 1.165) is 5.69 Å². The van der Waals surface area contributed by atoms with Crippen LogP contribution in [0.25, 0.3) is 0 Å². The Morgan fingerprint density at radius 3 is 2.69 bits per heavy atom. The fourth-order valence-electron chi connectivity index (χ4n) is 1.01. The minimum atomic E-state index is -0.863. The standard InChI is InChI=1S/C11H15N3OS/c1-7-8(5-4-6-13-7)14-10(15)11(2,3)9(12)16/h4-6H,1-3H3,(H2,12,16)(H,14,15). The number of aromatic nitrogens is 1. The van der Waals surface area contributed by atoms with Crippen LogP contribution in [0.1, 0.15) is 19.5 Å². The third-order valence-electron chi connectivity index (χ3n) is 2.44. The highest BCUT2D eigenvalue weighted by Gasteiger charge is 2.31. The molecule has 16 heavy (non-hydrogen) atoms. The van der Waals surface area contributed by atoms with Gasteiger partial charge >= 0.3 is 0 Å². The highest BCUT2D eigenvalue weighted by atomic mass is 32.1. The number of aryl methyl sites for hydroxylation is 1. The molecule has 0 unspecified atom stereocenters. The Bertz CT molecular complexity index is 429. The SMILES string of the molecule is Cc1ncccc1NC(=O)C(C)(C)C(N)=S. The summed E-state index contributed by atoms with van der Waals surface area (Å²) in [4.78, 5) is 16.2. The maximum Gasteiger partial charge on any atom is 0.236 e. The lowest BCUT2D eigenvalue weighted by molar-refractivity contribution is -0.121. The second kappa shape index (κ2) is 4.57. The molecule has 1 aromatic rings. The van der Waals surface area contributed by atoms with E-state index in [2.05, 4.69) is 10.3 Å². The third kappa shape index (κ3) is 2.55. The van der Waals surface area contributed by atoms with Gasteiger partial charge in [-0.1, -0.05) is 12.2 Å². The van der Waals surface area contributed by atoms with Crippen molar-refractivity contribution in [2.45, 2.75) is 20.8 Å². The molecule has 3 N–H and O–H groups in total. The van der Waals surface area contributed by atoms with Crippen LogP contribution in [-0.4, -0.2) is 15.9 Å². The van der Waals surface area contributed by atoms with Crippen molar-refractivity contribution in [2.75, 3.05) is 5.32 Å². The van der Waals surface area contributed by atoms with Crippen molar-refractivity contribution in [3.8, 4) is 0 Å². The third-order valence-corrected chi connectivity index (χ3v) is 2.95. The monoisotopic (exact) mass is 237 g/mol. The number of hydrogen-bond acceptors (Lipinski definition) is 3. The summed E-state index contributed by atoms with van der Waals surface area (Å²) >= 11 is 4.86. The van der Waals surface area contributed by atoms with Crippen molar-refractivity contribution in [1.82, 2.24) is 4.98 Å². The molecule has 1 rings (SSSR count). The molecular formula is C11H15N3OS. The zero-order valence-electron chi connectivity index (χ0n) is 9.57. The van der Waals surface area contributed by atoms with E-state index in [1.54, 1.807) is 32.2 Å². The summed E-state index contributed by atoms with van der Waals surface area (Å²) in [6, 6.07) is 3.55. The largest absolute Gasteiger partial charge is 0.392 e. The van der Waals surface area contributed by atoms with Crippen LogP contribution in [0.4, 0.5) is 5.69 Å². The number of rotatable bonds is 3. The van der Waals surface area contributed by atoms with Crippen LogP contribution in [0.2, 0.25) is 0 Å². The summed E-state index contributed by atoms with van der Waals surface area (Å²) in [6.45, 7) is 5.20. The van der Waals surface area contributed by atoms with E-state index in [0.29, 0.717) is 5.69 Å². The maximum atomic E-state index is 11.9. The summed E-state index contributed by atoms with van der Waals surface area (Å²) in [5, 5.41) is 2.76. The lowest BCUT2D eigenvalue weighted by atomic mass is 9.92. The van der Waals surface area contributed by atoms with Crippen LogP contribution in [0.15, 0.2) is 18.3 Å². The van der Waals surface area contributed by atoms with Crippen LogP contribution in [0.3, 0.4) is 0 Å². The molecule has 4 nitrogen and oxygen atoms in total. The minimum absolute atomic E-state index is 0.173. The molecule has 5 heteroatoms. The number of hydrogen-bond donors (Lipinski definition) is 2. The number of anilines is 1. The number of thiocarbonyl (C=S) groups is 1. The van der Waals surface area contributed by atoms with Crippen molar-refractivity contribution in [2.24, 2.45) is 11.1 Å². The van der Waals surface area contributed by atoms with Gasteiger partial charge in [-0.2, -0.15) is 0 Å². The molecule has 0 bridgehead atoms. The number of carbonyl (C=O) groups is 1.